The van der Waals surface area contributed by atoms with Gasteiger partial charge in [0.25, 0.3) is 0 Å². The molecule has 0 radical (unpaired) electrons. The van der Waals surface area contributed by atoms with E-state index in [1.165, 1.54) is 61.4 Å². The number of para-hydroxylation sites is 1. The quantitative estimate of drug-likeness (QED) is 0.208. The third kappa shape index (κ3) is 7.03. The Labute approximate surface area is 285 Å². The van der Waals surface area contributed by atoms with E-state index >= 15 is 0 Å². The fourth-order valence-corrected chi connectivity index (χ4v) is 8.41. The van der Waals surface area contributed by atoms with Crippen LogP contribution >= 0.6 is 11.6 Å². The average Bonchev–Trinajstić information content (AvgIpc) is 2.96. The van der Waals surface area contributed by atoms with Gasteiger partial charge in [-0.25, -0.2) is 13.4 Å². The number of rotatable bonds is 11. The lowest BCUT2D eigenvalue weighted by Crippen LogP contribution is -2.51. The van der Waals surface area contributed by atoms with Crippen LogP contribution in [-0.2, 0) is 9.84 Å². The molecule has 0 spiro atoms. The lowest BCUT2D eigenvalue weighted by Gasteiger charge is -2.49. The number of benzene rings is 2. The van der Waals surface area contributed by atoms with Crippen LogP contribution in [0.15, 0.2) is 53.6 Å². The number of nitrogens with zero attached hydrogens (tertiary/aromatic N) is 3. The minimum atomic E-state index is -3.54. The van der Waals surface area contributed by atoms with Crippen LogP contribution < -0.4 is 15.4 Å². The van der Waals surface area contributed by atoms with Crippen LogP contribution in [0, 0.1) is 18.8 Å². The first-order valence-electron chi connectivity index (χ1n) is 17.1. The second-order valence-corrected chi connectivity index (χ2v) is 16.9. The standard InChI is InChI=1S/C37H48ClN5O3S/c1-22(2)46-34-20-28(27-18-32(25-11-9-12-25)43(6)33(19-27)26-13-10-14-26)24(5)17-31(34)41-37-39-21-29(38)36(42-37)40-30-15-7-8-16-35(30)47(44,45)23(3)4/h7-8,15-18,20-23,25-26,32-33H,9-14,19H2,1-6H3,(H2,39,40,41,42)/t32-,33-/m1/s1. The van der Waals surface area contributed by atoms with Crippen LogP contribution in [-0.4, -0.2) is 53.8 Å². The zero-order chi connectivity index (χ0) is 33.5. The number of sulfone groups is 1. The third-order valence-electron chi connectivity index (χ3n) is 10.2. The Morgan fingerprint density at radius 3 is 2.32 bits per heavy atom. The SMILES string of the molecule is Cc1cc(Nc2ncc(Cl)c(Nc3ccccc3S(=O)(=O)C(C)C)n2)c(OC(C)C)cc1C1=C[C@H](C2CCC2)N(C)[C@@H](C2CCC2)C1. The third-order valence-corrected chi connectivity index (χ3v) is 12.7. The van der Waals surface area contributed by atoms with Crippen molar-refractivity contribution in [3.05, 3.63) is 64.8 Å². The van der Waals surface area contributed by atoms with E-state index in [1.807, 2.05) is 13.8 Å². The molecule has 2 N–H and O–H groups in total. The molecule has 10 heteroatoms. The normalized spacial score (nSPS) is 20.9. The van der Waals surface area contributed by atoms with Crippen molar-refractivity contribution in [3.63, 3.8) is 0 Å². The van der Waals surface area contributed by atoms with E-state index < -0.39 is 15.1 Å². The van der Waals surface area contributed by atoms with Gasteiger partial charge >= 0.3 is 0 Å². The summed E-state index contributed by atoms with van der Waals surface area (Å²) in [5.74, 6) is 2.88. The number of hydrogen-bond donors (Lipinski definition) is 2. The molecule has 1 aliphatic heterocycles. The molecule has 3 aromatic rings. The molecular weight excluding hydrogens is 630 g/mol. The zero-order valence-corrected chi connectivity index (χ0v) is 30.0. The molecule has 252 valence electrons. The number of aromatic nitrogens is 2. The highest BCUT2D eigenvalue weighted by atomic mass is 35.5. The maximum atomic E-state index is 13.1. The van der Waals surface area contributed by atoms with E-state index in [1.54, 1.807) is 38.1 Å². The summed E-state index contributed by atoms with van der Waals surface area (Å²) >= 11 is 6.52. The first-order valence-corrected chi connectivity index (χ1v) is 19.0. The van der Waals surface area contributed by atoms with Gasteiger partial charge < -0.3 is 15.4 Å². The number of nitrogens with one attached hydrogen (secondary N) is 2. The number of halogens is 1. The fourth-order valence-electron chi connectivity index (χ4n) is 7.07. The van der Waals surface area contributed by atoms with Gasteiger partial charge in [-0.3, -0.25) is 4.90 Å². The Morgan fingerprint density at radius 1 is 0.979 bits per heavy atom. The van der Waals surface area contributed by atoms with Gasteiger partial charge in [-0.15, -0.1) is 0 Å². The molecular formula is C37H48ClN5O3S. The Bertz CT molecular complexity index is 1750. The zero-order valence-electron chi connectivity index (χ0n) is 28.4. The van der Waals surface area contributed by atoms with Crippen LogP contribution in [0.4, 0.5) is 23.1 Å². The van der Waals surface area contributed by atoms with E-state index in [-0.39, 0.29) is 16.0 Å². The van der Waals surface area contributed by atoms with Gasteiger partial charge in [0.2, 0.25) is 5.95 Å². The highest BCUT2D eigenvalue weighted by Crippen LogP contribution is 2.46. The molecule has 2 heterocycles. The van der Waals surface area contributed by atoms with Crippen molar-refractivity contribution in [1.29, 1.82) is 0 Å². The second-order valence-electron chi connectivity index (χ2n) is 14.1. The minimum absolute atomic E-state index is 0.0363. The molecule has 2 saturated carbocycles. The molecule has 6 rings (SSSR count). The molecule has 2 atom stereocenters. The number of anilines is 4. The van der Waals surface area contributed by atoms with Crippen molar-refractivity contribution in [3.8, 4) is 5.75 Å². The van der Waals surface area contributed by atoms with Gasteiger partial charge in [-0.1, -0.05) is 42.7 Å². The topological polar surface area (TPSA) is 96.5 Å². The van der Waals surface area contributed by atoms with Gasteiger partial charge in [0, 0.05) is 12.1 Å². The molecule has 0 bridgehead atoms. The van der Waals surface area contributed by atoms with Gasteiger partial charge in [0.1, 0.15) is 10.8 Å². The molecule has 0 amide bonds. The van der Waals surface area contributed by atoms with Crippen molar-refractivity contribution >= 4 is 50.2 Å². The summed E-state index contributed by atoms with van der Waals surface area (Å²) in [6, 6.07) is 12.2. The van der Waals surface area contributed by atoms with Gasteiger partial charge in [-0.05, 0) is 127 Å². The predicted molar refractivity (Wildman–Crippen MR) is 192 cm³/mol. The molecule has 3 aliphatic rings. The van der Waals surface area contributed by atoms with E-state index in [0.29, 0.717) is 29.5 Å². The summed E-state index contributed by atoms with van der Waals surface area (Å²) in [5.41, 5.74) is 5.01. The van der Waals surface area contributed by atoms with Gasteiger partial charge in [-0.2, -0.15) is 4.98 Å². The van der Waals surface area contributed by atoms with Crippen LogP contribution in [0.2, 0.25) is 5.02 Å². The number of hydrogen-bond acceptors (Lipinski definition) is 8. The van der Waals surface area contributed by atoms with Gasteiger partial charge in [0.15, 0.2) is 15.7 Å². The van der Waals surface area contributed by atoms with Crippen LogP contribution in [0.3, 0.4) is 0 Å². The molecule has 2 fully saturated rings. The summed E-state index contributed by atoms with van der Waals surface area (Å²) < 4.78 is 32.5. The maximum Gasteiger partial charge on any atom is 0.229 e. The van der Waals surface area contributed by atoms with E-state index in [9.17, 15) is 8.42 Å². The smallest absolute Gasteiger partial charge is 0.229 e. The van der Waals surface area contributed by atoms with Crippen LogP contribution in [0.25, 0.3) is 5.57 Å². The average molecular weight is 678 g/mol. The molecule has 2 aliphatic carbocycles. The second kappa shape index (κ2) is 13.8. The van der Waals surface area contributed by atoms with Crippen molar-refractivity contribution in [2.75, 3.05) is 17.7 Å². The van der Waals surface area contributed by atoms with Gasteiger partial charge in [0.05, 0.1) is 33.8 Å². The Kier molecular flexibility index (Phi) is 9.89. The summed E-state index contributed by atoms with van der Waals surface area (Å²) in [7, 11) is -1.19. The summed E-state index contributed by atoms with van der Waals surface area (Å²) in [4.78, 5) is 12.0. The first kappa shape index (κ1) is 33.7. The largest absolute Gasteiger partial charge is 0.489 e. The number of likely N-dealkylation sites (N-methyl/N-ethyl adjacent to an activating group) is 1. The molecule has 8 nitrogen and oxygen atoms in total. The molecule has 1 aromatic heterocycles. The van der Waals surface area contributed by atoms with E-state index in [2.05, 4.69) is 57.7 Å². The Morgan fingerprint density at radius 2 is 1.68 bits per heavy atom. The molecule has 2 aromatic carbocycles. The van der Waals surface area contributed by atoms with Crippen molar-refractivity contribution in [2.45, 2.75) is 108 Å². The number of aryl methyl sites for hydroxylation is 1. The maximum absolute atomic E-state index is 13.1. The van der Waals surface area contributed by atoms with Crippen molar-refractivity contribution < 1.29 is 13.2 Å². The lowest BCUT2D eigenvalue weighted by molar-refractivity contribution is 0.0521. The molecule has 47 heavy (non-hydrogen) atoms. The molecule has 0 unspecified atom stereocenters. The Hall–Kier alpha value is -3.14. The summed E-state index contributed by atoms with van der Waals surface area (Å²) in [6.45, 7) is 9.55. The lowest BCUT2D eigenvalue weighted by atomic mass is 9.70. The monoisotopic (exact) mass is 677 g/mol. The number of ether oxygens (including phenoxy) is 1. The highest BCUT2D eigenvalue weighted by molar-refractivity contribution is 7.92. The van der Waals surface area contributed by atoms with Crippen LogP contribution in [0.5, 0.6) is 5.75 Å². The minimum Gasteiger partial charge on any atom is -0.489 e. The summed E-state index contributed by atoms with van der Waals surface area (Å²) in [6.07, 6.45) is 13.1. The Balaban J connectivity index is 1.32. The first-order chi connectivity index (χ1) is 22.4. The van der Waals surface area contributed by atoms with Crippen LogP contribution in [0.1, 0.15) is 83.8 Å². The fraction of sp³-hybridized carbons (Fsp3) is 0.514. The van der Waals surface area contributed by atoms with E-state index in [4.69, 9.17) is 16.3 Å². The van der Waals surface area contributed by atoms with Crippen molar-refractivity contribution in [2.24, 2.45) is 11.8 Å². The molecule has 0 saturated heterocycles. The summed E-state index contributed by atoms with van der Waals surface area (Å²) in [5, 5.41) is 6.21. The predicted octanol–water partition coefficient (Wildman–Crippen LogP) is 8.95. The van der Waals surface area contributed by atoms with Crippen molar-refractivity contribution in [1.82, 2.24) is 14.9 Å². The van der Waals surface area contributed by atoms with E-state index in [0.717, 1.165) is 29.7 Å². The highest BCUT2D eigenvalue weighted by Gasteiger charge is 2.40.